The van der Waals surface area contributed by atoms with Crippen LogP contribution in [0.15, 0.2) is 11.6 Å². The highest BCUT2D eigenvalue weighted by Gasteiger charge is 2.66. The Morgan fingerprint density at radius 3 is 1.97 bits per heavy atom. The summed E-state index contributed by atoms with van der Waals surface area (Å²) in [6, 6.07) is 0. The standard InChI is InChI=1S/C22H32O3.2C2H4O2/c1-13-11-16-17(20(3)8-5-15(24)12-19(13)20)6-9-21(4)18(16)7-10-22(21,25)14(2)23;2*1-2(3)4/h12-13,16-18,25H,5-11H2,1-4H3;2*1H3,(H,3,4)/t13-,16+,17-,18-,20+,21-,22-;;/m0../s1. The van der Waals surface area contributed by atoms with Crippen molar-refractivity contribution in [1.82, 2.24) is 0 Å². The normalized spacial score (nSPS) is 40.9. The number of ketones is 2. The fourth-order valence-corrected chi connectivity index (χ4v) is 7.58. The first-order valence-electron chi connectivity index (χ1n) is 12.0. The summed E-state index contributed by atoms with van der Waals surface area (Å²) in [5.74, 6) is 0.607. The number of allylic oxidation sites excluding steroid dienone is 1. The molecule has 0 unspecified atom stereocenters. The second-order valence-corrected chi connectivity index (χ2v) is 10.9. The molecule has 4 rings (SSSR count). The van der Waals surface area contributed by atoms with E-state index in [2.05, 4.69) is 20.8 Å². The number of carboxylic acids is 2. The van der Waals surface area contributed by atoms with Gasteiger partial charge in [-0.1, -0.05) is 26.3 Å². The summed E-state index contributed by atoms with van der Waals surface area (Å²) in [5.41, 5.74) is 0.107. The van der Waals surface area contributed by atoms with Crippen molar-refractivity contribution in [3.63, 3.8) is 0 Å². The lowest BCUT2D eigenvalue weighted by atomic mass is 9.45. The average molecular weight is 465 g/mol. The molecule has 7 nitrogen and oxygen atoms in total. The summed E-state index contributed by atoms with van der Waals surface area (Å²) in [5, 5.41) is 26.0. The molecule has 3 saturated carbocycles. The predicted molar refractivity (Wildman–Crippen MR) is 124 cm³/mol. The Morgan fingerprint density at radius 1 is 0.939 bits per heavy atom. The molecule has 4 aliphatic rings. The minimum atomic E-state index is -1.13. The summed E-state index contributed by atoms with van der Waals surface area (Å²) in [6.07, 6.45) is 8.31. The maximum absolute atomic E-state index is 12.3. The Kier molecular flexibility index (Phi) is 7.99. The zero-order valence-electron chi connectivity index (χ0n) is 20.8. The number of aliphatic carboxylic acids is 2. The molecule has 0 bridgehead atoms. The van der Waals surface area contributed by atoms with E-state index in [1.807, 2.05) is 6.08 Å². The molecule has 3 fully saturated rings. The van der Waals surface area contributed by atoms with E-state index in [1.54, 1.807) is 6.92 Å². The highest BCUT2D eigenvalue weighted by Crippen LogP contribution is 2.68. The van der Waals surface area contributed by atoms with E-state index in [0.29, 0.717) is 42.3 Å². The van der Waals surface area contributed by atoms with Crippen LogP contribution in [0, 0.1) is 34.5 Å². The third kappa shape index (κ3) is 4.93. The smallest absolute Gasteiger partial charge is 0.300 e. The van der Waals surface area contributed by atoms with Crippen LogP contribution in [0.1, 0.15) is 86.5 Å². The number of fused-ring (bicyclic) bond motifs is 5. The minimum Gasteiger partial charge on any atom is -0.481 e. The summed E-state index contributed by atoms with van der Waals surface area (Å²) >= 11 is 0. The van der Waals surface area contributed by atoms with Gasteiger partial charge in [-0.15, -0.1) is 0 Å². The molecule has 33 heavy (non-hydrogen) atoms. The van der Waals surface area contributed by atoms with Crippen LogP contribution in [-0.4, -0.2) is 44.4 Å². The van der Waals surface area contributed by atoms with Crippen molar-refractivity contribution in [2.24, 2.45) is 34.5 Å². The number of hydrogen-bond acceptors (Lipinski definition) is 5. The van der Waals surface area contributed by atoms with E-state index in [4.69, 9.17) is 19.8 Å². The Balaban J connectivity index is 0.000000420. The number of carboxylic acid groups (broad SMARTS) is 2. The van der Waals surface area contributed by atoms with Gasteiger partial charge in [0.05, 0.1) is 0 Å². The van der Waals surface area contributed by atoms with Gasteiger partial charge >= 0.3 is 0 Å². The number of carbonyl (C=O) groups excluding carboxylic acids is 2. The lowest BCUT2D eigenvalue weighted by Crippen LogP contribution is -2.57. The maximum Gasteiger partial charge on any atom is 0.300 e. The van der Waals surface area contributed by atoms with Crippen molar-refractivity contribution in [1.29, 1.82) is 0 Å². The summed E-state index contributed by atoms with van der Waals surface area (Å²) < 4.78 is 0. The first-order valence-corrected chi connectivity index (χ1v) is 12.0. The number of aliphatic hydroxyl groups is 1. The summed E-state index contributed by atoms with van der Waals surface area (Å²) in [7, 11) is 0. The molecule has 0 aromatic heterocycles. The molecule has 7 atom stereocenters. The molecule has 0 aliphatic heterocycles. The molecule has 3 N–H and O–H groups in total. The first kappa shape index (κ1) is 27.2. The van der Waals surface area contributed by atoms with E-state index in [9.17, 15) is 14.7 Å². The average Bonchev–Trinajstić information content (AvgIpc) is 2.95. The zero-order chi connectivity index (χ0) is 25.4. The second-order valence-electron chi connectivity index (χ2n) is 10.9. The van der Waals surface area contributed by atoms with Crippen LogP contribution in [0.5, 0.6) is 0 Å². The highest BCUT2D eigenvalue weighted by atomic mass is 16.4. The molecule has 186 valence electrons. The Bertz CT molecular complexity index is 826. The molecule has 0 radical (unpaired) electrons. The maximum atomic E-state index is 12.3. The molecule has 0 saturated heterocycles. The van der Waals surface area contributed by atoms with Gasteiger partial charge < -0.3 is 15.3 Å². The van der Waals surface area contributed by atoms with Crippen molar-refractivity contribution >= 4 is 23.5 Å². The minimum absolute atomic E-state index is 0.0464. The predicted octanol–water partition coefficient (Wildman–Crippen LogP) is 4.27. The SMILES string of the molecule is CC(=O)O.CC(=O)O.CC(=O)[C@@]1(O)CC[C@H]2[C@@H]3C[C@H](C)C4=CC(=O)CC[C@]4(C)[C@H]3CC[C@@]21C. The van der Waals surface area contributed by atoms with Crippen LogP contribution < -0.4 is 0 Å². The van der Waals surface area contributed by atoms with Gasteiger partial charge in [-0.25, -0.2) is 0 Å². The number of carbonyl (C=O) groups is 4. The van der Waals surface area contributed by atoms with Crippen LogP contribution >= 0.6 is 0 Å². The van der Waals surface area contributed by atoms with Crippen LogP contribution in [0.3, 0.4) is 0 Å². The van der Waals surface area contributed by atoms with Crippen molar-refractivity contribution < 1.29 is 34.5 Å². The highest BCUT2D eigenvalue weighted by molar-refractivity contribution is 5.91. The third-order valence-corrected chi connectivity index (χ3v) is 9.01. The summed E-state index contributed by atoms with van der Waals surface area (Å²) in [6.45, 7) is 10.6. The lowest BCUT2D eigenvalue weighted by Gasteiger charge is -2.60. The van der Waals surface area contributed by atoms with E-state index < -0.39 is 17.5 Å². The van der Waals surface area contributed by atoms with E-state index in [0.717, 1.165) is 46.0 Å². The quantitative estimate of drug-likeness (QED) is 0.528. The van der Waals surface area contributed by atoms with Gasteiger partial charge in [-0.2, -0.15) is 0 Å². The van der Waals surface area contributed by atoms with E-state index in [1.165, 1.54) is 5.57 Å². The van der Waals surface area contributed by atoms with Gasteiger partial charge in [0.15, 0.2) is 11.6 Å². The Morgan fingerprint density at radius 2 is 1.45 bits per heavy atom. The third-order valence-electron chi connectivity index (χ3n) is 9.01. The number of hydrogen-bond donors (Lipinski definition) is 3. The molecule has 0 aromatic rings. The summed E-state index contributed by atoms with van der Waals surface area (Å²) in [4.78, 5) is 42.3. The van der Waals surface area contributed by atoms with Gasteiger partial charge in [-0.3, -0.25) is 19.2 Å². The molecule has 0 aromatic carbocycles. The number of Topliss-reactive ketones (excluding diaryl/α,β-unsaturated/α-hetero) is 1. The number of rotatable bonds is 1. The molecular formula is C26H40O7. The van der Waals surface area contributed by atoms with Gasteiger partial charge in [0.1, 0.15) is 5.60 Å². The lowest BCUT2D eigenvalue weighted by molar-refractivity contribution is -0.161. The fourth-order valence-electron chi connectivity index (χ4n) is 7.58. The van der Waals surface area contributed by atoms with Gasteiger partial charge in [0.25, 0.3) is 11.9 Å². The van der Waals surface area contributed by atoms with Crippen LogP contribution in [-0.2, 0) is 19.2 Å². The molecular weight excluding hydrogens is 424 g/mol. The van der Waals surface area contributed by atoms with Crippen molar-refractivity contribution in [2.45, 2.75) is 92.1 Å². The Labute approximate surface area is 196 Å². The first-order chi connectivity index (χ1) is 15.1. The molecule has 4 aliphatic carbocycles. The molecule has 0 heterocycles. The molecule has 0 amide bonds. The monoisotopic (exact) mass is 464 g/mol. The topological polar surface area (TPSA) is 129 Å². The van der Waals surface area contributed by atoms with Gasteiger partial charge in [-0.05, 0) is 80.6 Å². The van der Waals surface area contributed by atoms with Crippen molar-refractivity contribution in [3.8, 4) is 0 Å². The van der Waals surface area contributed by atoms with E-state index in [-0.39, 0.29) is 16.6 Å². The van der Waals surface area contributed by atoms with Gasteiger partial charge in [0, 0.05) is 25.7 Å². The second kappa shape index (κ2) is 9.69. The molecule has 0 spiro atoms. The largest absolute Gasteiger partial charge is 0.481 e. The Hall–Kier alpha value is -2.02. The zero-order valence-corrected chi connectivity index (χ0v) is 20.8. The van der Waals surface area contributed by atoms with Gasteiger partial charge in [0.2, 0.25) is 0 Å². The van der Waals surface area contributed by atoms with E-state index >= 15 is 0 Å². The van der Waals surface area contributed by atoms with Crippen LogP contribution in [0.25, 0.3) is 0 Å². The fraction of sp³-hybridized carbons (Fsp3) is 0.769. The van der Waals surface area contributed by atoms with Crippen molar-refractivity contribution in [3.05, 3.63) is 11.6 Å². The van der Waals surface area contributed by atoms with Crippen LogP contribution in [0.2, 0.25) is 0 Å². The van der Waals surface area contributed by atoms with Crippen molar-refractivity contribution in [2.75, 3.05) is 0 Å². The molecule has 7 heteroatoms. The van der Waals surface area contributed by atoms with Crippen LogP contribution in [0.4, 0.5) is 0 Å².